The summed E-state index contributed by atoms with van der Waals surface area (Å²) < 4.78 is 114. The summed E-state index contributed by atoms with van der Waals surface area (Å²) in [7, 11) is -22.3. The average molecular weight is 1150 g/mol. The Labute approximate surface area is 420 Å². The largest absolute Gasteiger partial charge is 0.756 e. The predicted octanol–water partition coefficient (Wildman–Crippen LogP) is -6.83. The monoisotopic (exact) mass is 1150 g/mol. The maximum atomic E-state index is 13.6. The SMILES string of the molecule is COC1[C@@H](OP(=O)([O-])OC[C@H]2O[C@@H](n3cnc4c(=O)[nH]c(N)nc43)[C@@H](O)C2O)[C@@H](COP(=O)([O-])OP(=O)([O-])OP(=O)([O-])OC[C@]23CO[C@@H](C2O)[C@H]([n+]2cn(C)c4c(=O)[nH]c(N)nc42)O3)O[C@H]1n1cnc2c(N)ncnc21. The molecule has 10 heterocycles. The first kappa shape index (κ1) is 54.2. The van der Waals surface area contributed by atoms with Crippen LogP contribution in [0.3, 0.4) is 0 Å². The number of anilines is 3. The van der Waals surface area contributed by atoms with Gasteiger partial charge in [0.25, 0.3) is 48.4 Å². The predicted molar refractivity (Wildman–Crippen MR) is 233 cm³/mol. The number of phosphoric acid groups is 4. The summed E-state index contributed by atoms with van der Waals surface area (Å²) in [6, 6.07) is 0. The number of hydrogen-bond acceptors (Lipinski definition) is 33. The van der Waals surface area contributed by atoms with Crippen molar-refractivity contribution < 1.29 is 108 Å². The molecule has 4 aliphatic rings. The highest BCUT2D eigenvalue weighted by Gasteiger charge is 2.64. The van der Waals surface area contributed by atoms with E-state index in [1.165, 1.54) is 22.5 Å². The summed E-state index contributed by atoms with van der Waals surface area (Å²) in [6.07, 6.45) is -13.6. The van der Waals surface area contributed by atoms with Crippen molar-refractivity contribution >= 4 is 82.5 Å². The fourth-order valence-electron chi connectivity index (χ4n) is 8.92. The maximum Gasteiger partial charge on any atom is 0.313 e. The van der Waals surface area contributed by atoms with E-state index in [1.54, 1.807) is 0 Å². The third kappa shape index (κ3) is 10.0. The minimum atomic E-state index is -6.58. The van der Waals surface area contributed by atoms with Crippen LogP contribution in [0.25, 0.3) is 33.5 Å². The summed E-state index contributed by atoms with van der Waals surface area (Å²) in [5.74, 6) is -0.716. The lowest BCUT2D eigenvalue weighted by Crippen LogP contribution is -2.50. The van der Waals surface area contributed by atoms with Gasteiger partial charge in [-0.25, -0.2) is 33.1 Å². The Morgan fingerprint density at radius 1 is 0.789 bits per heavy atom. The molecule has 43 heteroatoms. The zero-order valence-corrected chi connectivity index (χ0v) is 42.0. The quantitative estimate of drug-likeness (QED) is 0.0276. The van der Waals surface area contributed by atoms with Crippen molar-refractivity contribution in [3.63, 3.8) is 0 Å². The first-order valence-electron chi connectivity index (χ1n) is 21.6. The summed E-state index contributed by atoms with van der Waals surface area (Å²) in [5.41, 5.74) is 13.5. The van der Waals surface area contributed by atoms with Gasteiger partial charge in [0.2, 0.25) is 17.7 Å². The highest BCUT2D eigenvalue weighted by atomic mass is 31.3. The number of nitrogens with two attached hydrogens (primary N) is 3. The van der Waals surface area contributed by atoms with E-state index in [9.17, 15) is 62.7 Å². The molecule has 7 unspecified atom stereocenters. The van der Waals surface area contributed by atoms with Crippen LogP contribution in [-0.2, 0) is 75.7 Å². The average Bonchev–Trinajstić information content (AvgIpc) is 4.21. The number of aromatic nitrogens is 12. The molecule has 0 aliphatic carbocycles. The number of H-pyrrole nitrogens is 2. The van der Waals surface area contributed by atoms with Crippen LogP contribution in [0, 0.1) is 0 Å². The molecular weight excluding hydrogens is 1110 g/mol. The van der Waals surface area contributed by atoms with Gasteiger partial charge < -0.3 is 93.9 Å². The van der Waals surface area contributed by atoms with Crippen LogP contribution in [0.2, 0.25) is 0 Å². The first-order chi connectivity index (χ1) is 35.7. The number of phosphoric ester groups is 3. The number of fused-ring (bicyclic) bond motifs is 5. The van der Waals surface area contributed by atoms with E-state index in [0.29, 0.717) is 0 Å². The summed E-state index contributed by atoms with van der Waals surface area (Å²) in [4.78, 5) is 106. The zero-order chi connectivity index (χ0) is 54.6. The normalized spacial score (nSPS) is 31.8. The molecular formula is C33H40N15O24P4-3. The number of aliphatic hydroxyl groups is 3. The fraction of sp³-hybridized carbons (Fsp3) is 0.545. The molecule has 0 radical (unpaired) electrons. The molecule has 4 saturated heterocycles. The Morgan fingerprint density at radius 2 is 1.42 bits per heavy atom. The van der Waals surface area contributed by atoms with Crippen molar-refractivity contribution in [2.24, 2.45) is 7.05 Å². The lowest BCUT2D eigenvalue weighted by molar-refractivity contribution is -0.752. The second kappa shape index (κ2) is 19.6. The standard InChI is InChI=1S/C33H43N15O24P4/c1-45-10-48(25-15(45)27(53)44-32(36)42-25)30-20-21(51)33(69-30,5-63-20)6-66-75(58,59)72-76(60,61)71-74(56,57)65-4-12-18(19(62-2)29(68-12)46-8-39-13-22(34)37-7-38-23(13)46)70-73(54,55)64-3-11-16(49)17(50)28(67-11)47-9-40-14-24(47)41-31(35)43-26(14)52/h7-12,16-21,28-30,49-51H,3-6H2,1-2H3,(H11-,34,35,36,37,38,41,42,43,44,52,53,54,55,56,57,58,59,60,61)/p-3/t11-,12-,16?,17+,18+,19?,20+,21?,28-,29-,30-,33-/m1/s1. The van der Waals surface area contributed by atoms with E-state index in [4.69, 9.17) is 59.0 Å². The van der Waals surface area contributed by atoms with E-state index in [0.717, 1.165) is 35.2 Å². The third-order valence-electron chi connectivity index (χ3n) is 12.3. The van der Waals surface area contributed by atoms with Gasteiger partial charge in [-0.05, 0) is 0 Å². The molecule has 11 N–H and O–H groups in total. The molecule has 2 bridgehead atoms. The second-order valence-electron chi connectivity index (χ2n) is 17.1. The van der Waals surface area contributed by atoms with E-state index < -0.39 is 142 Å². The number of aromatic amines is 2. The van der Waals surface area contributed by atoms with Crippen molar-refractivity contribution in [1.29, 1.82) is 0 Å². The van der Waals surface area contributed by atoms with Gasteiger partial charge in [-0.1, -0.05) is 4.98 Å². The molecule has 4 fully saturated rings. The molecule has 0 amide bonds. The Hall–Kier alpha value is -5.15. The van der Waals surface area contributed by atoms with Crippen LogP contribution in [0.4, 0.5) is 17.7 Å². The number of nitrogens with zero attached hydrogens (tertiary/aromatic N) is 10. The van der Waals surface area contributed by atoms with E-state index in [1.807, 2.05) is 0 Å². The third-order valence-corrected chi connectivity index (χ3v) is 17.3. The molecule has 0 spiro atoms. The zero-order valence-electron chi connectivity index (χ0n) is 38.4. The molecule has 16 atom stereocenters. The number of methoxy groups -OCH3 is 1. The van der Waals surface area contributed by atoms with Crippen LogP contribution in [0.5, 0.6) is 0 Å². The van der Waals surface area contributed by atoms with Gasteiger partial charge in [-0.3, -0.25) is 51.5 Å². The van der Waals surface area contributed by atoms with Crippen molar-refractivity contribution in [1.82, 2.24) is 53.6 Å². The van der Waals surface area contributed by atoms with Crippen molar-refractivity contribution in [3.8, 4) is 0 Å². The highest BCUT2D eigenvalue weighted by Crippen LogP contribution is 2.63. The van der Waals surface area contributed by atoms with E-state index >= 15 is 0 Å². The lowest BCUT2D eigenvalue weighted by atomic mass is 10.0. The van der Waals surface area contributed by atoms with E-state index in [-0.39, 0.29) is 51.2 Å². The molecule has 4 aliphatic heterocycles. The van der Waals surface area contributed by atoms with Crippen LogP contribution >= 0.6 is 31.3 Å². The van der Waals surface area contributed by atoms with Crippen molar-refractivity contribution in [2.45, 2.75) is 73.1 Å². The smallest absolute Gasteiger partial charge is 0.313 e. The summed E-state index contributed by atoms with van der Waals surface area (Å²) in [6.45, 7) is -4.16. The number of ether oxygens (including phenoxy) is 5. The van der Waals surface area contributed by atoms with Gasteiger partial charge in [0.05, 0.1) is 46.1 Å². The number of imidazole rings is 3. The molecule has 0 saturated carbocycles. The number of nitrogens with one attached hydrogen (secondary N) is 2. The lowest BCUT2D eigenvalue weighted by Gasteiger charge is -2.36. The molecule has 6 aromatic heterocycles. The van der Waals surface area contributed by atoms with Crippen LogP contribution < -0.4 is 52.5 Å². The van der Waals surface area contributed by atoms with Crippen LogP contribution in [0.15, 0.2) is 34.9 Å². The minimum Gasteiger partial charge on any atom is -0.756 e. The Balaban J connectivity index is 0.810. The molecule has 0 aromatic carbocycles. The Morgan fingerprint density at radius 3 is 2.14 bits per heavy atom. The van der Waals surface area contributed by atoms with Gasteiger partial charge in [0.1, 0.15) is 66.3 Å². The molecule has 414 valence electrons. The molecule has 10 rings (SSSR count). The van der Waals surface area contributed by atoms with E-state index in [2.05, 4.69) is 48.5 Å². The van der Waals surface area contributed by atoms with Gasteiger partial charge in [-0.15, -0.1) is 0 Å². The van der Waals surface area contributed by atoms with Crippen molar-refractivity contribution in [3.05, 3.63) is 46.0 Å². The van der Waals surface area contributed by atoms with Gasteiger partial charge in [0, 0.05) is 7.11 Å². The highest BCUT2D eigenvalue weighted by molar-refractivity contribution is 7.65. The number of aryl methyl sites for hydroxylation is 1. The van der Waals surface area contributed by atoms with Crippen LogP contribution in [-0.4, -0.2) is 157 Å². The number of aliphatic hydroxyl groups excluding tert-OH is 3. The topological polar surface area (TPSA) is 563 Å². The van der Waals surface area contributed by atoms with Gasteiger partial charge in [-0.2, -0.15) is 4.98 Å². The Bertz CT molecular complexity index is 3560. The molecule has 39 nitrogen and oxygen atoms in total. The summed E-state index contributed by atoms with van der Waals surface area (Å²) >= 11 is 0. The maximum absolute atomic E-state index is 13.6. The Kier molecular flexibility index (Phi) is 14.0. The molecule has 6 aromatic rings. The van der Waals surface area contributed by atoms with Crippen LogP contribution in [0.1, 0.15) is 18.7 Å². The summed E-state index contributed by atoms with van der Waals surface area (Å²) in [5, 5.41) is 32.8. The van der Waals surface area contributed by atoms with Crippen molar-refractivity contribution in [2.75, 3.05) is 50.7 Å². The van der Waals surface area contributed by atoms with Gasteiger partial charge >= 0.3 is 5.65 Å². The minimum absolute atomic E-state index is 0.0171. The number of rotatable bonds is 19. The fourth-order valence-corrected chi connectivity index (χ4v) is 13.3. The molecule has 76 heavy (non-hydrogen) atoms. The number of nitrogen functional groups attached to an aromatic ring is 3. The first-order valence-corrected chi connectivity index (χ1v) is 27.4. The number of hydrogen-bond donors (Lipinski definition) is 8. The van der Waals surface area contributed by atoms with Gasteiger partial charge in [0.15, 0.2) is 41.4 Å². The second-order valence-corrected chi connectivity index (χ2v) is 23.0.